The Hall–Kier alpha value is -3.29. The number of urea groups is 1. The second-order valence-electron chi connectivity index (χ2n) is 9.18. The molecular weight excluding hydrogens is 424 g/mol. The van der Waals surface area contributed by atoms with Gasteiger partial charge in [-0.3, -0.25) is 4.98 Å². The predicted octanol–water partition coefficient (Wildman–Crippen LogP) is 6.13. The van der Waals surface area contributed by atoms with E-state index < -0.39 is 17.5 Å². The van der Waals surface area contributed by atoms with Crippen molar-refractivity contribution in [3.05, 3.63) is 47.5 Å². The zero-order chi connectivity index (χ0) is 24.3. The van der Waals surface area contributed by atoms with Gasteiger partial charge in [0.1, 0.15) is 17.3 Å². The first-order chi connectivity index (χ1) is 15.4. The van der Waals surface area contributed by atoms with Crippen molar-refractivity contribution in [3.8, 4) is 11.1 Å². The highest BCUT2D eigenvalue weighted by Gasteiger charge is 2.17. The Bertz CT molecular complexity index is 1170. The van der Waals surface area contributed by atoms with Crippen LogP contribution in [0.15, 0.2) is 30.5 Å². The smallest absolute Gasteiger partial charge is 0.319 e. The minimum atomic E-state index is -1.39. The van der Waals surface area contributed by atoms with Gasteiger partial charge in [-0.25, -0.2) is 18.6 Å². The lowest BCUT2D eigenvalue weighted by atomic mass is 9.97. The van der Waals surface area contributed by atoms with Crippen LogP contribution in [-0.2, 0) is 0 Å². The number of amides is 2. The number of halogens is 2. The van der Waals surface area contributed by atoms with Gasteiger partial charge < -0.3 is 16.0 Å². The van der Waals surface area contributed by atoms with Gasteiger partial charge in [-0.1, -0.05) is 0 Å². The summed E-state index contributed by atoms with van der Waals surface area (Å²) in [6.45, 7) is 10.8. The predicted molar refractivity (Wildman–Crippen MR) is 130 cm³/mol. The fourth-order valence-electron chi connectivity index (χ4n) is 3.51. The molecule has 3 rings (SSSR count). The van der Waals surface area contributed by atoms with E-state index in [0.29, 0.717) is 5.56 Å². The van der Waals surface area contributed by atoms with Crippen molar-refractivity contribution in [3.63, 3.8) is 0 Å². The Morgan fingerprint density at radius 3 is 2.52 bits per heavy atom. The van der Waals surface area contributed by atoms with Crippen LogP contribution in [0.5, 0.6) is 0 Å². The number of fused-ring (bicyclic) bond motifs is 1. The van der Waals surface area contributed by atoms with Gasteiger partial charge >= 0.3 is 6.03 Å². The van der Waals surface area contributed by atoms with Gasteiger partial charge in [-0.05, 0) is 77.3 Å². The number of anilines is 2. The van der Waals surface area contributed by atoms with E-state index >= 15 is 0 Å². The third kappa shape index (κ3) is 6.37. The molecule has 0 saturated heterocycles. The highest BCUT2D eigenvalue weighted by molar-refractivity contribution is 5.92. The maximum Gasteiger partial charge on any atom is 0.319 e. The van der Waals surface area contributed by atoms with Crippen molar-refractivity contribution >= 4 is 28.4 Å². The first-order valence-corrected chi connectivity index (χ1v) is 11.0. The standard InChI is InChI=1S/C25H31F2N5O/c1-14(2)30-23-12-21-17(13-29-23)10-19(16(4)31-21)18-11-22(20(26)9-15(18)3)32-24(33)28-8-7-25(5,6)27/h9-14H,7-8H2,1-6H3,(H,29,30)(H2,28,32,33). The quantitative estimate of drug-likeness (QED) is 0.400. The molecule has 33 heavy (non-hydrogen) atoms. The van der Waals surface area contributed by atoms with Crippen molar-refractivity contribution in [2.45, 2.75) is 59.7 Å². The minimum Gasteiger partial charge on any atom is -0.368 e. The van der Waals surface area contributed by atoms with Crippen molar-refractivity contribution < 1.29 is 13.6 Å². The third-order valence-electron chi connectivity index (χ3n) is 5.18. The summed E-state index contributed by atoms with van der Waals surface area (Å²) < 4.78 is 28.2. The molecule has 1 aromatic carbocycles. The number of hydrogen-bond acceptors (Lipinski definition) is 4. The second-order valence-corrected chi connectivity index (χ2v) is 9.18. The Morgan fingerprint density at radius 1 is 1.12 bits per heavy atom. The maximum atomic E-state index is 14.6. The van der Waals surface area contributed by atoms with Gasteiger partial charge in [-0.2, -0.15) is 0 Å². The Labute approximate surface area is 193 Å². The normalized spacial score (nSPS) is 11.7. The summed E-state index contributed by atoms with van der Waals surface area (Å²) >= 11 is 0. The van der Waals surface area contributed by atoms with E-state index in [1.807, 2.05) is 39.8 Å². The SMILES string of the molecule is Cc1cc(F)c(NC(=O)NCCC(C)(C)F)cc1-c1cc2cnc(NC(C)C)cc2nc1C. The van der Waals surface area contributed by atoms with E-state index in [1.54, 1.807) is 12.3 Å². The number of carbonyl (C=O) groups is 1. The number of nitrogens with zero attached hydrogens (tertiary/aromatic N) is 2. The lowest BCUT2D eigenvalue weighted by Crippen LogP contribution is -2.32. The van der Waals surface area contributed by atoms with Gasteiger partial charge in [0.25, 0.3) is 0 Å². The molecule has 0 radical (unpaired) electrons. The van der Waals surface area contributed by atoms with E-state index in [9.17, 15) is 13.6 Å². The van der Waals surface area contributed by atoms with Crippen molar-refractivity contribution in [1.29, 1.82) is 0 Å². The van der Waals surface area contributed by atoms with Crippen molar-refractivity contribution in [2.24, 2.45) is 0 Å². The molecule has 2 heterocycles. The maximum absolute atomic E-state index is 14.6. The van der Waals surface area contributed by atoms with E-state index in [2.05, 4.69) is 20.9 Å². The topological polar surface area (TPSA) is 78.9 Å². The molecule has 3 aromatic rings. The number of aromatic nitrogens is 2. The van der Waals surface area contributed by atoms with Crippen LogP contribution in [0, 0.1) is 19.7 Å². The van der Waals surface area contributed by atoms with E-state index in [1.165, 1.54) is 19.9 Å². The average molecular weight is 456 g/mol. The molecule has 0 aliphatic heterocycles. The first-order valence-electron chi connectivity index (χ1n) is 11.0. The number of pyridine rings is 2. The average Bonchev–Trinajstić information content (AvgIpc) is 2.68. The summed E-state index contributed by atoms with van der Waals surface area (Å²) in [7, 11) is 0. The van der Waals surface area contributed by atoms with Crippen LogP contribution in [0.2, 0.25) is 0 Å². The fraction of sp³-hybridized carbons (Fsp3) is 0.400. The van der Waals surface area contributed by atoms with Crippen LogP contribution in [-0.4, -0.2) is 34.3 Å². The van der Waals surface area contributed by atoms with Gasteiger partial charge in [0.05, 0.1) is 11.2 Å². The molecule has 0 bridgehead atoms. The highest BCUT2D eigenvalue weighted by Crippen LogP contribution is 2.32. The minimum absolute atomic E-state index is 0.0433. The van der Waals surface area contributed by atoms with Crippen LogP contribution >= 0.6 is 0 Å². The highest BCUT2D eigenvalue weighted by atomic mass is 19.1. The monoisotopic (exact) mass is 455 g/mol. The molecule has 0 spiro atoms. The summed E-state index contributed by atoms with van der Waals surface area (Å²) in [6.07, 6.45) is 1.92. The van der Waals surface area contributed by atoms with E-state index in [0.717, 1.165) is 33.5 Å². The number of hydrogen-bond donors (Lipinski definition) is 3. The summed E-state index contributed by atoms with van der Waals surface area (Å²) in [5, 5.41) is 9.21. The Morgan fingerprint density at radius 2 is 1.85 bits per heavy atom. The fourth-order valence-corrected chi connectivity index (χ4v) is 3.51. The van der Waals surface area contributed by atoms with Crippen molar-refractivity contribution in [2.75, 3.05) is 17.2 Å². The second kappa shape index (κ2) is 9.68. The number of carbonyl (C=O) groups excluding carboxylic acids is 1. The summed E-state index contributed by atoms with van der Waals surface area (Å²) in [5.74, 6) is 0.207. The number of benzene rings is 1. The number of nitrogens with one attached hydrogen (secondary N) is 3. The van der Waals surface area contributed by atoms with Crippen molar-refractivity contribution in [1.82, 2.24) is 15.3 Å². The lowest BCUT2D eigenvalue weighted by Gasteiger charge is -2.16. The molecular formula is C25H31F2N5O. The number of alkyl halides is 1. The van der Waals surface area contributed by atoms with Gasteiger partial charge in [0.15, 0.2) is 0 Å². The van der Waals surface area contributed by atoms with Gasteiger partial charge in [0, 0.05) is 41.5 Å². The lowest BCUT2D eigenvalue weighted by molar-refractivity contribution is 0.200. The molecule has 0 atom stereocenters. The largest absolute Gasteiger partial charge is 0.368 e. The molecule has 2 aromatic heterocycles. The van der Waals surface area contributed by atoms with Crippen LogP contribution in [0.1, 0.15) is 45.4 Å². The number of aryl methyl sites for hydroxylation is 2. The van der Waals surface area contributed by atoms with E-state index in [-0.39, 0.29) is 24.7 Å². The Kier molecular flexibility index (Phi) is 7.15. The molecule has 0 unspecified atom stereocenters. The third-order valence-corrected chi connectivity index (χ3v) is 5.18. The molecule has 0 saturated carbocycles. The van der Waals surface area contributed by atoms with Crippen LogP contribution in [0.3, 0.4) is 0 Å². The first kappa shape index (κ1) is 24.4. The molecule has 176 valence electrons. The molecule has 2 amide bonds. The van der Waals surface area contributed by atoms with Crippen LogP contribution in [0.4, 0.5) is 25.1 Å². The van der Waals surface area contributed by atoms with Crippen LogP contribution < -0.4 is 16.0 Å². The summed E-state index contributed by atoms with van der Waals surface area (Å²) in [6, 6.07) is 6.52. The molecule has 8 heteroatoms. The van der Waals surface area contributed by atoms with Crippen LogP contribution in [0.25, 0.3) is 22.0 Å². The molecule has 6 nitrogen and oxygen atoms in total. The zero-order valence-corrected chi connectivity index (χ0v) is 19.9. The molecule has 0 aliphatic carbocycles. The van der Waals surface area contributed by atoms with Gasteiger partial charge in [-0.15, -0.1) is 0 Å². The van der Waals surface area contributed by atoms with E-state index in [4.69, 9.17) is 4.98 Å². The van der Waals surface area contributed by atoms with Gasteiger partial charge in [0.2, 0.25) is 0 Å². The molecule has 0 aliphatic rings. The summed E-state index contributed by atoms with van der Waals surface area (Å²) in [5.41, 5.74) is 2.54. The Balaban J connectivity index is 1.89. The zero-order valence-electron chi connectivity index (χ0n) is 19.9. The molecule has 3 N–H and O–H groups in total. The molecule has 0 fully saturated rings. The summed E-state index contributed by atoms with van der Waals surface area (Å²) in [4.78, 5) is 21.4. The number of rotatable bonds is 7.